The van der Waals surface area contributed by atoms with E-state index in [-0.39, 0.29) is 0 Å². The van der Waals surface area contributed by atoms with E-state index in [0.29, 0.717) is 0 Å². The average molecular weight is 168 g/mol. The maximum Gasteiger partial charge on any atom is 0.258 e. The highest BCUT2D eigenvalue weighted by Crippen LogP contribution is 2.03. The summed E-state index contributed by atoms with van der Waals surface area (Å²) < 4.78 is 0. The minimum atomic E-state index is -1.67. The van der Waals surface area contributed by atoms with E-state index in [1.54, 1.807) is 0 Å². The first kappa shape index (κ1) is 8.25. The number of carbonyl (C=O) groups excluding carboxylic acids is 2. The van der Waals surface area contributed by atoms with Crippen molar-refractivity contribution in [3.05, 3.63) is 12.4 Å². The molecule has 2 amide bonds. The van der Waals surface area contributed by atoms with Gasteiger partial charge in [-0.1, -0.05) is 0 Å². The minimum Gasteiger partial charge on any atom is -0.367 e. The number of nitrogens with one attached hydrogen (secondary N) is 1. The van der Waals surface area contributed by atoms with Crippen molar-refractivity contribution >= 4 is 18.0 Å². The lowest BCUT2D eigenvalue weighted by Gasteiger charge is -2.24. The molecule has 0 radical (unpaired) electrons. The van der Waals surface area contributed by atoms with Gasteiger partial charge in [0.1, 0.15) is 0 Å². The Balaban J connectivity index is 3.04. The number of hydrogen-bond acceptors (Lipinski definition) is 4. The van der Waals surface area contributed by atoms with Crippen molar-refractivity contribution in [2.45, 2.75) is 5.54 Å². The fourth-order valence-electron chi connectivity index (χ4n) is 0.795. The van der Waals surface area contributed by atoms with Crippen molar-refractivity contribution in [2.75, 3.05) is 0 Å². The van der Waals surface area contributed by atoms with Gasteiger partial charge in [-0.25, -0.2) is 0 Å². The Morgan fingerprint density at radius 1 is 1.33 bits per heavy atom. The van der Waals surface area contributed by atoms with Crippen LogP contribution in [0.1, 0.15) is 0 Å². The van der Waals surface area contributed by atoms with Gasteiger partial charge >= 0.3 is 0 Å². The lowest BCUT2D eigenvalue weighted by atomic mass is 9.99. The first-order chi connectivity index (χ1) is 5.59. The summed E-state index contributed by atoms with van der Waals surface area (Å²) in [7, 11) is 0. The number of aliphatic imine (C=N–C) groups is 1. The highest BCUT2D eigenvalue weighted by Gasteiger charge is 2.41. The summed E-state index contributed by atoms with van der Waals surface area (Å²) in [5.74, 6) is -1.74. The summed E-state index contributed by atoms with van der Waals surface area (Å²) in [5.41, 5.74) is 8.28. The zero-order chi connectivity index (χ0) is 9.19. The van der Waals surface area contributed by atoms with Crippen LogP contribution >= 0.6 is 0 Å². The van der Waals surface area contributed by atoms with Crippen molar-refractivity contribution in [2.24, 2.45) is 16.5 Å². The fraction of sp³-hybridized carbons (Fsp3) is 0.167. The normalized spacial score (nSPS) is 18.3. The molecule has 6 heteroatoms. The largest absolute Gasteiger partial charge is 0.367 e. The van der Waals surface area contributed by atoms with E-state index in [0.717, 1.165) is 6.21 Å². The van der Waals surface area contributed by atoms with Crippen LogP contribution in [0.2, 0.25) is 0 Å². The second-order valence-corrected chi connectivity index (χ2v) is 2.27. The van der Waals surface area contributed by atoms with Gasteiger partial charge in [0.2, 0.25) is 5.54 Å². The van der Waals surface area contributed by atoms with Crippen molar-refractivity contribution in [1.29, 1.82) is 0 Å². The third kappa shape index (κ3) is 1.03. The van der Waals surface area contributed by atoms with Crippen molar-refractivity contribution in [1.82, 2.24) is 5.32 Å². The van der Waals surface area contributed by atoms with Gasteiger partial charge in [0.15, 0.2) is 0 Å². The van der Waals surface area contributed by atoms with Crippen LogP contribution in [0, 0.1) is 0 Å². The smallest absolute Gasteiger partial charge is 0.258 e. The molecule has 0 aromatic heterocycles. The fourth-order valence-corrected chi connectivity index (χ4v) is 0.795. The molecule has 0 saturated heterocycles. The average Bonchev–Trinajstić information content (AvgIpc) is 2.05. The molecule has 6 nitrogen and oxygen atoms in total. The van der Waals surface area contributed by atoms with Gasteiger partial charge in [-0.05, 0) is 0 Å². The highest BCUT2D eigenvalue weighted by molar-refractivity contribution is 6.23. The first-order valence-electron chi connectivity index (χ1n) is 3.16. The lowest BCUT2D eigenvalue weighted by molar-refractivity contribution is -0.131. The molecule has 1 heterocycles. The number of carbonyl (C=O) groups is 2. The SMILES string of the molecule is NC(=O)C1(C(N)=O)C=NC=CN1. The van der Waals surface area contributed by atoms with Gasteiger partial charge in [0.05, 0.1) is 0 Å². The molecule has 0 aromatic carbocycles. The van der Waals surface area contributed by atoms with Gasteiger partial charge in [0.25, 0.3) is 11.8 Å². The molecule has 0 aliphatic carbocycles. The molecule has 1 aliphatic rings. The van der Waals surface area contributed by atoms with E-state index in [9.17, 15) is 9.59 Å². The second kappa shape index (κ2) is 2.65. The molecule has 0 atom stereocenters. The molecular formula is C6H8N4O2. The van der Waals surface area contributed by atoms with Crippen molar-refractivity contribution in [3.8, 4) is 0 Å². The van der Waals surface area contributed by atoms with Gasteiger partial charge in [0, 0.05) is 18.6 Å². The molecule has 0 bridgehead atoms. The molecule has 1 rings (SSSR count). The van der Waals surface area contributed by atoms with E-state index in [1.807, 2.05) is 0 Å². The zero-order valence-electron chi connectivity index (χ0n) is 6.15. The van der Waals surface area contributed by atoms with Crippen LogP contribution in [0.15, 0.2) is 17.4 Å². The Labute approximate surface area is 68.3 Å². The summed E-state index contributed by atoms with van der Waals surface area (Å²) in [6.45, 7) is 0. The van der Waals surface area contributed by atoms with Gasteiger partial charge < -0.3 is 16.8 Å². The Morgan fingerprint density at radius 3 is 2.17 bits per heavy atom. The summed E-state index contributed by atoms with van der Waals surface area (Å²) >= 11 is 0. The van der Waals surface area contributed by atoms with E-state index < -0.39 is 17.4 Å². The summed E-state index contributed by atoms with van der Waals surface area (Å²) in [4.78, 5) is 25.3. The molecule has 1 aliphatic heterocycles. The molecule has 64 valence electrons. The first-order valence-corrected chi connectivity index (χ1v) is 3.16. The van der Waals surface area contributed by atoms with Gasteiger partial charge in [-0.3, -0.25) is 14.6 Å². The van der Waals surface area contributed by atoms with E-state index in [4.69, 9.17) is 11.5 Å². The van der Waals surface area contributed by atoms with Crippen LogP contribution in [0.5, 0.6) is 0 Å². The topological polar surface area (TPSA) is 111 Å². The molecule has 0 unspecified atom stereocenters. The molecule has 0 saturated carbocycles. The van der Waals surface area contributed by atoms with Gasteiger partial charge in [-0.2, -0.15) is 0 Å². The molecule has 0 fully saturated rings. The predicted molar refractivity (Wildman–Crippen MR) is 41.9 cm³/mol. The summed E-state index contributed by atoms with van der Waals surface area (Å²) in [5, 5.41) is 2.45. The standard InChI is InChI=1S/C6H8N4O2/c7-4(11)6(5(8)12)3-9-1-2-10-6/h1-3,10H,(H2,7,11)(H2,8,12). The number of nitrogens with zero attached hydrogens (tertiary/aromatic N) is 1. The Kier molecular flexibility index (Phi) is 1.82. The van der Waals surface area contributed by atoms with Gasteiger partial charge in [-0.15, -0.1) is 0 Å². The van der Waals surface area contributed by atoms with Crippen LogP contribution < -0.4 is 16.8 Å². The summed E-state index contributed by atoms with van der Waals surface area (Å²) in [6.07, 6.45) is 3.79. The second-order valence-electron chi connectivity index (χ2n) is 2.27. The molecular weight excluding hydrogens is 160 g/mol. The monoisotopic (exact) mass is 168 g/mol. The maximum absolute atomic E-state index is 10.9. The lowest BCUT2D eigenvalue weighted by Crippen LogP contribution is -2.63. The number of hydrogen-bond donors (Lipinski definition) is 3. The maximum atomic E-state index is 10.9. The zero-order valence-corrected chi connectivity index (χ0v) is 6.15. The number of rotatable bonds is 2. The molecule has 0 aromatic rings. The Hall–Kier alpha value is -1.85. The minimum absolute atomic E-state index is 0.872. The Morgan fingerprint density at radius 2 is 1.92 bits per heavy atom. The van der Waals surface area contributed by atoms with E-state index in [2.05, 4.69) is 10.3 Å². The van der Waals surface area contributed by atoms with Crippen LogP contribution in [-0.4, -0.2) is 23.6 Å². The number of primary amides is 2. The summed E-state index contributed by atoms with van der Waals surface area (Å²) in [6, 6.07) is 0. The van der Waals surface area contributed by atoms with Crippen LogP contribution in [-0.2, 0) is 9.59 Å². The molecule has 0 spiro atoms. The Bertz CT molecular complexity index is 267. The van der Waals surface area contributed by atoms with Crippen LogP contribution in [0.4, 0.5) is 0 Å². The van der Waals surface area contributed by atoms with Crippen molar-refractivity contribution in [3.63, 3.8) is 0 Å². The van der Waals surface area contributed by atoms with Crippen LogP contribution in [0.25, 0.3) is 0 Å². The van der Waals surface area contributed by atoms with E-state index >= 15 is 0 Å². The molecule has 12 heavy (non-hydrogen) atoms. The van der Waals surface area contributed by atoms with Crippen LogP contribution in [0.3, 0.4) is 0 Å². The predicted octanol–water partition coefficient (Wildman–Crippen LogP) is -2.16. The third-order valence-corrected chi connectivity index (χ3v) is 1.52. The van der Waals surface area contributed by atoms with E-state index in [1.165, 1.54) is 12.4 Å². The highest BCUT2D eigenvalue weighted by atomic mass is 16.2. The number of nitrogens with two attached hydrogens (primary N) is 2. The quantitative estimate of drug-likeness (QED) is 0.408. The van der Waals surface area contributed by atoms with Crippen molar-refractivity contribution < 1.29 is 9.59 Å². The third-order valence-electron chi connectivity index (χ3n) is 1.52. The number of amides is 2. The molecule has 5 N–H and O–H groups in total.